The molecule has 1 heterocycles. The first kappa shape index (κ1) is 15.2. The largest absolute Gasteiger partial charge is 0.312 e. The molecule has 2 amide bonds. The van der Waals surface area contributed by atoms with Crippen LogP contribution in [0.5, 0.6) is 0 Å². The van der Waals surface area contributed by atoms with Crippen LogP contribution in [0.15, 0.2) is 0 Å². The Bertz CT molecular complexity index is 274. The molecule has 18 heavy (non-hydrogen) atoms. The second-order valence-corrected chi connectivity index (χ2v) is 5.15. The molecule has 0 aromatic rings. The van der Waals surface area contributed by atoms with E-state index in [2.05, 4.69) is 26.1 Å². The summed E-state index contributed by atoms with van der Waals surface area (Å²) in [7, 11) is 0. The van der Waals surface area contributed by atoms with Crippen molar-refractivity contribution < 1.29 is 9.59 Å². The number of rotatable bonds is 6. The Labute approximate surface area is 110 Å². The van der Waals surface area contributed by atoms with Crippen LogP contribution in [0, 0.1) is 5.92 Å². The van der Waals surface area contributed by atoms with Crippen LogP contribution >= 0.6 is 0 Å². The van der Waals surface area contributed by atoms with Crippen molar-refractivity contribution >= 4 is 11.8 Å². The van der Waals surface area contributed by atoms with Crippen molar-refractivity contribution in [1.29, 1.82) is 0 Å². The van der Waals surface area contributed by atoms with E-state index in [4.69, 9.17) is 0 Å². The highest BCUT2D eigenvalue weighted by molar-refractivity contribution is 5.96. The molecule has 0 bridgehead atoms. The van der Waals surface area contributed by atoms with Gasteiger partial charge in [-0.3, -0.25) is 14.5 Å². The number of nitrogens with one attached hydrogen (secondary N) is 1. The van der Waals surface area contributed by atoms with E-state index in [9.17, 15) is 9.59 Å². The summed E-state index contributed by atoms with van der Waals surface area (Å²) < 4.78 is 0. The van der Waals surface area contributed by atoms with Crippen LogP contribution in [0.25, 0.3) is 0 Å². The summed E-state index contributed by atoms with van der Waals surface area (Å²) >= 11 is 0. The molecule has 0 aromatic heterocycles. The Hall–Kier alpha value is -0.900. The number of likely N-dealkylation sites (tertiary alicyclic amines) is 1. The molecule has 0 radical (unpaired) electrons. The summed E-state index contributed by atoms with van der Waals surface area (Å²) in [6, 6.07) is 0.214. The predicted molar refractivity (Wildman–Crippen MR) is 72.1 cm³/mol. The summed E-state index contributed by atoms with van der Waals surface area (Å²) in [5.74, 6) is 0.473. The van der Waals surface area contributed by atoms with E-state index in [1.54, 1.807) is 0 Å². The van der Waals surface area contributed by atoms with Gasteiger partial charge in [0.25, 0.3) is 0 Å². The van der Waals surface area contributed by atoms with Gasteiger partial charge in [0.05, 0.1) is 0 Å². The van der Waals surface area contributed by atoms with E-state index >= 15 is 0 Å². The third kappa shape index (κ3) is 4.09. The van der Waals surface area contributed by atoms with Crippen molar-refractivity contribution in [2.75, 3.05) is 13.1 Å². The first-order valence-corrected chi connectivity index (χ1v) is 7.16. The molecule has 2 unspecified atom stereocenters. The number of amides is 2. The van der Waals surface area contributed by atoms with Crippen molar-refractivity contribution in [3.05, 3.63) is 0 Å². The molecule has 0 aliphatic carbocycles. The van der Waals surface area contributed by atoms with Crippen molar-refractivity contribution in [1.82, 2.24) is 10.2 Å². The second kappa shape index (κ2) is 7.52. The smallest absolute Gasteiger partial charge is 0.229 e. The minimum absolute atomic E-state index is 0.00343. The lowest BCUT2D eigenvalue weighted by molar-refractivity contribution is -0.144. The monoisotopic (exact) mass is 254 g/mol. The van der Waals surface area contributed by atoms with Gasteiger partial charge in [0.15, 0.2) is 0 Å². The number of carbonyl (C=O) groups excluding carboxylic acids is 2. The van der Waals surface area contributed by atoms with Gasteiger partial charge in [0.1, 0.15) is 0 Å². The van der Waals surface area contributed by atoms with E-state index in [0.29, 0.717) is 25.3 Å². The first-order valence-electron chi connectivity index (χ1n) is 7.16. The average Bonchev–Trinajstić information content (AvgIpc) is 2.51. The molecule has 1 N–H and O–H groups in total. The molecule has 1 saturated heterocycles. The van der Waals surface area contributed by atoms with Gasteiger partial charge < -0.3 is 5.32 Å². The van der Waals surface area contributed by atoms with Gasteiger partial charge in [-0.15, -0.1) is 0 Å². The summed E-state index contributed by atoms with van der Waals surface area (Å²) in [6.07, 6.45) is 3.77. The Balaban J connectivity index is 2.70. The molecule has 4 heteroatoms. The van der Waals surface area contributed by atoms with Crippen LogP contribution in [0.1, 0.15) is 52.9 Å². The van der Waals surface area contributed by atoms with Gasteiger partial charge in [-0.05, 0) is 25.3 Å². The van der Waals surface area contributed by atoms with Gasteiger partial charge in [-0.2, -0.15) is 0 Å². The molecular weight excluding hydrogens is 228 g/mol. The first-order chi connectivity index (χ1) is 8.60. The molecule has 0 spiro atoms. The van der Waals surface area contributed by atoms with Crippen LogP contribution in [0.3, 0.4) is 0 Å². The SMILES string of the molecule is CCNC(CN1C(=O)CCCCC1=O)C(C)CC. The number of carbonyl (C=O) groups is 2. The van der Waals surface area contributed by atoms with Gasteiger partial charge in [0.2, 0.25) is 11.8 Å². The van der Waals surface area contributed by atoms with Crippen molar-refractivity contribution in [3.8, 4) is 0 Å². The number of hydrogen-bond acceptors (Lipinski definition) is 3. The highest BCUT2D eigenvalue weighted by atomic mass is 16.2. The Morgan fingerprint density at radius 2 is 1.72 bits per heavy atom. The van der Waals surface area contributed by atoms with E-state index in [0.717, 1.165) is 25.8 Å². The highest BCUT2D eigenvalue weighted by Crippen LogP contribution is 2.16. The van der Waals surface area contributed by atoms with E-state index in [-0.39, 0.29) is 17.9 Å². The fraction of sp³-hybridized carbons (Fsp3) is 0.857. The van der Waals surface area contributed by atoms with E-state index < -0.39 is 0 Å². The quantitative estimate of drug-likeness (QED) is 0.737. The van der Waals surface area contributed by atoms with Crippen LogP contribution in [-0.2, 0) is 9.59 Å². The Morgan fingerprint density at radius 1 is 1.17 bits per heavy atom. The number of likely N-dealkylation sites (N-methyl/N-ethyl adjacent to an activating group) is 1. The lowest BCUT2D eigenvalue weighted by atomic mass is 9.98. The molecule has 2 atom stereocenters. The minimum Gasteiger partial charge on any atom is -0.312 e. The van der Waals surface area contributed by atoms with Crippen molar-refractivity contribution in [3.63, 3.8) is 0 Å². The van der Waals surface area contributed by atoms with Crippen LogP contribution in [0.4, 0.5) is 0 Å². The molecule has 1 rings (SSSR count). The van der Waals surface area contributed by atoms with Gasteiger partial charge >= 0.3 is 0 Å². The summed E-state index contributed by atoms with van der Waals surface area (Å²) in [6.45, 7) is 7.76. The maximum absolute atomic E-state index is 12.0. The zero-order chi connectivity index (χ0) is 13.5. The van der Waals surface area contributed by atoms with Crippen LogP contribution in [-0.4, -0.2) is 35.8 Å². The van der Waals surface area contributed by atoms with Crippen LogP contribution < -0.4 is 5.32 Å². The molecule has 1 aliphatic rings. The lowest BCUT2D eigenvalue weighted by Gasteiger charge is -2.29. The molecule has 0 saturated carbocycles. The third-order valence-electron chi connectivity index (χ3n) is 3.81. The Kier molecular flexibility index (Phi) is 6.33. The van der Waals surface area contributed by atoms with Gasteiger partial charge in [0, 0.05) is 25.4 Å². The van der Waals surface area contributed by atoms with Crippen LogP contribution in [0.2, 0.25) is 0 Å². The van der Waals surface area contributed by atoms with Gasteiger partial charge in [-0.25, -0.2) is 0 Å². The third-order valence-corrected chi connectivity index (χ3v) is 3.81. The average molecular weight is 254 g/mol. The fourth-order valence-corrected chi connectivity index (χ4v) is 2.35. The lowest BCUT2D eigenvalue weighted by Crippen LogP contribution is -2.48. The fourth-order valence-electron chi connectivity index (χ4n) is 2.35. The second-order valence-electron chi connectivity index (χ2n) is 5.15. The minimum atomic E-state index is 0.00343. The maximum Gasteiger partial charge on any atom is 0.229 e. The summed E-state index contributed by atoms with van der Waals surface area (Å²) in [5, 5.41) is 3.40. The highest BCUT2D eigenvalue weighted by Gasteiger charge is 2.28. The number of hydrogen-bond donors (Lipinski definition) is 1. The molecule has 4 nitrogen and oxygen atoms in total. The zero-order valence-corrected chi connectivity index (χ0v) is 11.9. The Morgan fingerprint density at radius 3 is 2.17 bits per heavy atom. The van der Waals surface area contributed by atoms with Gasteiger partial charge in [-0.1, -0.05) is 27.2 Å². The molecule has 0 aromatic carbocycles. The van der Waals surface area contributed by atoms with E-state index in [1.807, 2.05) is 0 Å². The van der Waals surface area contributed by atoms with E-state index in [1.165, 1.54) is 4.90 Å². The molecular formula is C14H26N2O2. The molecule has 1 aliphatic heterocycles. The summed E-state index contributed by atoms with van der Waals surface area (Å²) in [5.41, 5.74) is 0. The molecule has 104 valence electrons. The zero-order valence-electron chi connectivity index (χ0n) is 11.9. The normalized spacial score (nSPS) is 20.7. The number of nitrogens with zero attached hydrogens (tertiary/aromatic N) is 1. The standard InChI is InChI=1S/C14H26N2O2/c1-4-11(3)12(15-5-2)10-16-13(17)8-6-7-9-14(16)18/h11-12,15H,4-10H2,1-3H3. The molecule has 1 fully saturated rings. The predicted octanol–water partition coefficient (Wildman–Crippen LogP) is 1.94. The maximum atomic E-state index is 12.0. The summed E-state index contributed by atoms with van der Waals surface area (Å²) in [4.78, 5) is 25.4. The van der Waals surface area contributed by atoms with Crippen molar-refractivity contribution in [2.24, 2.45) is 5.92 Å². The topological polar surface area (TPSA) is 49.4 Å². The van der Waals surface area contributed by atoms with Crippen molar-refractivity contribution in [2.45, 2.75) is 58.9 Å². The number of imide groups is 1.